The van der Waals surface area contributed by atoms with Gasteiger partial charge in [-0.2, -0.15) is 4.31 Å². The molecule has 28 heavy (non-hydrogen) atoms. The topological polar surface area (TPSA) is 84.9 Å². The molecule has 1 amide bonds. The van der Waals surface area contributed by atoms with Gasteiger partial charge in [0.05, 0.1) is 13.2 Å². The van der Waals surface area contributed by atoms with Crippen LogP contribution in [0.1, 0.15) is 5.56 Å². The number of carbonyl (C=O) groups is 1. The Bertz CT molecular complexity index is 915. The minimum absolute atomic E-state index is 0.0576. The highest BCUT2D eigenvalue weighted by Gasteiger charge is 2.29. The lowest BCUT2D eigenvalue weighted by Gasteiger charge is -2.26. The van der Waals surface area contributed by atoms with Gasteiger partial charge in [-0.15, -0.1) is 0 Å². The molecule has 2 aromatic carbocycles. The van der Waals surface area contributed by atoms with Gasteiger partial charge in [0.2, 0.25) is 10.0 Å². The molecule has 0 radical (unpaired) electrons. The van der Waals surface area contributed by atoms with Crippen molar-refractivity contribution in [2.75, 3.05) is 32.9 Å². The number of ether oxygens (including phenoxy) is 2. The molecular weight excluding hydrogens is 404 g/mol. The van der Waals surface area contributed by atoms with Gasteiger partial charge in [-0.3, -0.25) is 4.79 Å². The first-order chi connectivity index (χ1) is 13.5. The van der Waals surface area contributed by atoms with E-state index in [1.54, 1.807) is 0 Å². The molecule has 2 aromatic rings. The zero-order valence-electron chi connectivity index (χ0n) is 15.1. The third-order valence-corrected chi connectivity index (χ3v) is 6.34. The van der Waals surface area contributed by atoms with Gasteiger partial charge in [0.1, 0.15) is 10.6 Å². The molecule has 0 unspecified atom stereocenters. The fourth-order valence-electron chi connectivity index (χ4n) is 2.72. The van der Waals surface area contributed by atoms with E-state index in [1.807, 2.05) is 30.3 Å². The van der Waals surface area contributed by atoms with Gasteiger partial charge < -0.3 is 14.8 Å². The maximum absolute atomic E-state index is 12.9. The van der Waals surface area contributed by atoms with Crippen LogP contribution in [0.2, 0.25) is 5.02 Å². The molecule has 1 heterocycles. The zero-order valence-corrected chi connectivity index (χ0v) is 16.7. The number of nitrogens with one attached hydrogen (secondary N) is 1. The lowest BCUT2D eigenvalue weighted by Crippen LogP contribution is -2.40. The monoisotopic (exact) mass is 424 g/mol. The van der Waals surface area contributed by atoms with E-state index in [0.717, 1.165) is 5.56 Å². The van der Waals surface area contributed by atoms with Crippen LogP contribution in [0.5, 0.6) is 5.75 Å². The number of hydrogen-bond acceptors (Lipinski definition) is 5. The number of amides is 1. The van der Waals surface area contributed by atoms with Crippen molar-refractivity contribution in [3.63, 3.8) is 0 Å². The van der Waals surface area contributed by atoms with Crippen LogP contribution in [0.25, 0.3) is 0 Å². The Balaban J connectivity index is 1.67. The zero-order chi connectivity index (χ0) is 20.0. The largest absolute Gasteiger partial charge is 0.482 e. The van der Waals surface area contributed by atoms with Crippen LogP contribution < -0.4 is 10.1 Å². The molecule has 0 spiro atoms. The van der Waals surface area contributed by atoms with Crippen molar-refractivity contribution in [1.82, 2.24) is 9.62 Å². The predicted molar refractivity (Wildman–Crippen MR) is 105 cm³/mol. The summed E-state index contributed by atoms with van der Waals surface area (Å²) in [5.41, 5.74) is 0.956. The third-order valence-electron chi connectivity index (χ3n) is 4.18. The molecule has 150 valence electrons. The Labute approximate surface area is 169 Å². The number of benzene rings is 2. The summed E-state index contributed by atoms with van der Waals surface area (Å²) in [7, 11) is -3.81. The van der Waals surface area contributed by atoms with Crippen molar-refractivity contribution in [1.29, 1.82) is 0 Å². The van der Waals surface area contributed by atoms with Gasteiger partial charge in [-0.1, -0.05) is 41.9 Å². The molecule has 0 atom stereocenters. The summed E-state index contributed by atoms with van der Waals surface area (Å²) in [5, 5.41) is 3.01. The summed E-state index contributed by atoms with van der Waals surface area (Å²) in [6.07, 6.45) is 0. The summed E-state index contributed by atoms with van der Waals surface area (Å²) in [4.78, 5) is 12.0. The number of carbonyl (C=O) groups excluding carboxylic acids is 1. The quantitative estimate of drug-likeness (QED) is 0.735. The number of rotatable bonds is 7. The second kappa shape index (κ2) is 9.38. The van der Waals surface area contributed by atoms with Gasteiger partial charge in [-0.25, -0.2) is 8.42 Å². The molecule has 1 aliphatic rings. The maximum Gasteiger partial charge on any atom is 0.258 e. The van der Waals surface area contributed by atoms with Crippen LogP contribution in [0.3, 0.4) is 0 Å². The molecule has 1 N–H and O–H groups in total. The summed E-state index contributed by atoms with van der Waals surface area (Å²) in [6, 6.07) is 13.8. The first-order valence-electron chi connectivity index (χ1n) is 8.78. The highest BCUT2D eigenvalue weighted by molar-refractivity contribution is 7.89. The van der Waals surface area contributed by atoms with Crippen LogP contribution in [0.4, 0.5) is 0 Å². The average molecular weight is 425 g/mol. The molecule has 1 aliphatic heterocycles. The highest BCUT2D eigenvalue weighted by atomic mass is 35.5. The third kappa shape index (κ3) is 5.23. The van der Waals surface area contributed by atoms with E-state index in [0.29, 0.717) is 19.8 Å². The molecule has 0 aliphatic carbocycles. The fraction of sp³-hybridized carbons (Fsp3) is 0.316. The van der Waals surface area contributed by atoms with E-state index in [2.05, 4.69) is 5.32 Å². The molecule has 0 saturated carbocycles. The first-order valence-corrected chi connectivity index (χ1v) is 10.6. The van der Waals surface area contributed by atoms with Crippen LogP contribution in [0.15, 0.2) is 53.4 Å². The number of morpholine rings is 1. The van der Waals surface area contributed by atoms with E-state index in [4.69, 9.17) is 21.1 Å². The standard InChI is InChI=1S/C19H21ClN2O5S/c20-16-6-7-17(18(12-16)28(24,25)22-8-10-26-11-9-22)27-14-19(23)21-13-15-4-2-1-3-5-15/h1-7,12H,8-11,13-14H2,(H,21,23). The van der Waals surface area contributed by atoms with Crippen LogP contribution in [0, 0.1) is 0 Å². The summed E-state index contributed by atoms with van der Waals surface area (Å²) < 4.78 is 37.9. The van der Waals surface area contributed by atoms with Crippen molar-refractivity contribution in [3.05, 3.63) is 59.1 Å². The van der Waals surface area contributed by atoms with Gasteiger partial charge >= 0.3 is 0 Å². The Hall–Kier alpha value is -2.13. The highest BCUT2D eigenvalue weighted by Crippen LogP contribution is 2.30. The van der Waals surface area contributed by atoms with Crippen molar-refractivity contribution >= 4 is 27.5 Å². The van der Waals surface area contributed by atoms with Gasteiger partial charge in [0, 0.05) is 24.7 Å². The second-order valence-corrected chi connectivity index (χ2v) is 8.50. The normalized spacial score (nSPS) is 15.2. The van der Waals surface area contributed by atoms with Crippen LogP contribution >= 0.6 is 11.6 Å². The van der Waals surface area contributed by atoms with E-state index in [9.17, 15) is 13.2 Å². The average Bonchev–Trinajstić information content (AvgIpc) is 2.72. The Morgan fingerprint density at radius 3 is 2.57 bits per heavy atom. The minimum Gasteiger partial charge on any atom is -0.482 e. The Morgan fingerprint density at radius 1 is 1.14 bits per heavy atom. The van der Waals surface area contributed by atoms with Crippen molar-refractivity contribution in [3.8, 4) is 5.75 Å². The molecule has 1 fully saturated rings. The van der Waals surface area contributed by atoms with E-state index in [-0.39, 0.29) is 41.3 Å². The number of hydrogen-bond donors (Lipinski definition) is 1. The smallest absolute Gasteiger partial charge is 0.258 e. The van der Waals surface area contributed by atoms with Crippen LogP contribution in [-0.4, -0.2) is 51.5 Å². The van der Waals surface area contributed by atoms with Crippen molar-refractivity contribution in [2.45, 2.75) is 11.4 Å². The lowest BCUT2D eigenvalue weighted by atomic mass is 10.2. The number of sulfonamides is 1. The Morgan fingerprint density at radius 2 is 1.86 bits per heavy atom. The molecule has 0 aromatic heterocycles. The van der Waals surface area contributed by atoms with Gasteiger partial charge in [0.25, 0.3) is 5.91 Å². The van der Waals surface area contributed by atoms with E-state index >= 15 is 0 Å². The fourth-order valence-corrected chi connectivity index (χ4v) is 4.52. The molecule has 7 nitrogen and oxygen atoms in total. The predicted octanol–water partition coefficient (Wildman–Crippen LogP) is 2.06. The molecular formula is C19H21ClN2O5S. The minimum atomic E-state index is -3.81. The van der Waals surface area contributed by atoms with Crippen LogP contribution in [-0.2, 0) is 26.1 Å². The first kappa shape index (κ1) is 20.6. The summed E-state index contributed by atoms with van der Waals surface area (Å²) >= 11 is 6.00. The number of halogens is 1. The molecule has 1 saturated heterocycles. The van der Waals surface area contributed by atoms with Crippen molar-refractivity contribution < 1.29 is 22.7 Å². The molecule has 3 rings (SSSR count). The Kier molecular flexibility index (Phi) is 6.90. The number of nitrogens with zero attached hydrogens (tertiary/aromatic N) is 1. The van der Waals surface area contributed by atoms with Gasteiger partial charge in [-0.05, 0) is 23.8 Å². The van der Waals surface area contributed by atoms with E-state index in [1.165, 1.54) is 22.5 Å². The maximum atomic E-state index is 12.9. The lowest BCUT2D eigenvalue weighted by molar-refractivity contribution is -0.123. The molecule has 0 bridgehead atoms. The van der Waals surface area contributed by atoms with Crippen molar-refractivity contribution in [2.24, 2.45) is 0 Å². The summed E-state index contributed by atoms with van der Waals surface area (Å²) in [6.45, 7) is 1.23. The molecule has 9 heteroatoms. The SMILES string of the molecule is O=C(COc1ccc(Cl)cc1S(=O)(=O)N1CCOCC1)NCc1ccccc1. The second-order valence-electron chi connectivity index (χ2n) is 6.16. The summed E-state index contributed by atoms with van der Waals surface area (Å²) in [5.74, 6) is -0.265. The van der Waals surface area contributed by atoms with E-state index < -0.39 is 10.0 Å². The van der Waals surface area contributed by atoms with Gasteiger partial charge in [0.15, 0.2) is 6.61 Å².